The van der Waals surface area contributed by atoms with Gasteiger partial charge in [0.25, 0.3) is 0 Å². The zero-order chi connectivity index (χ0) is 10.2. The van der Waals surface area contributed by atoms with Gasteiger partial charge in [0.15, 0.2) is 0 Å². The van der Waals surface area contributed by atoms with E-state index in [0.29, 0.717) is 12.5 Å². The minimum Gasteiger partial charge on any atom is -0.476 e. The zero-order valence-electron chi connectivity index (χ0n) is 8.92. The van der Waals surface area contributed by atoms with Gasteiger partial charge in [0.2, 0.25) is 5.88 Å². The summed E-state index contributed by atoms with van der Waals surface area (Å²) in [6.07, 6.45) is 2.88. The second kappa shape index (κ2) is 6.38. The highest BCUT2D eigenvalue weighted by Gasteiger charge is 1.94. The molecule has 1 aromatic heterocycles. The number of likely N-dealkylation sites (N-methyl/N-ethyl adjacent to an activating group) is 1. The Kier molecular flexibility index (Phi) is 5.00. The fourth-order valence-corrected chi connectivity index (χ4v) is 1.11. The van der Waals surface area contributed by atoms with E-state index in [4.69, 9.17) is 4.74 Å². The van der Waals surface area contributed by atoms with E-state index >= 15 is 0 Å². The van der Waals surface area contributed by atoms with E-state index in [1.165, 1.54) is 5.56 Å². The highest BCUT2D eigenvalue weighted by molar-refractivity contribution is 5.17. The van der Waals surface area contributed by atoms with Crippen LogP contribution in [0.1, 0.15) is 19.4 Å². The van der Waals surface area contributed by atoms with E-state index in [1.54, 1.807) is 0 Å². The van der Waals surface area contributed by atoms with E-state index in [0.717, 1.165) is 19.5 Å². The first-order valence-electron chi connectivity index (χ1n) is 5.15. The molecule has 0 spiro atoms. The Balaban J connectivity index is 2.29. The van der Waals surface area contributed by atoms with Crippen LogP contribution in [0.5, 0.6) is 5.88 Å². The van der Waals surface area contributed by atoms with E-state index in [1.807, 2.05) is 12.3 Å². The van der Waals surface area contributed by atoms with Crippen LogP contribution >= 0.6 is 0 Å². The zero-order valence-corrected chi connectivity index (χ0v) is 8.92. The number of aryl methyl sites for hydroxylation is 1. The second-order valence-electron chi connectivity index (χ2n) is 3.06. The third kappa shape index (κ3) is 3.75. The first-order valence-corrected chi connectivity index (χ1v) is 5.15. The second-order valence-corrected chi connectivity index (χ2v) is 3.06. The molecule has 14 heavy (non-hydrogen) atoms. The van der Waals surface area contributed by atoms with Crippen LogP contribution < -0.4 is 10.1 Å². The van der Waals surface area contributed by atoms with Crippen molar-refractivity contribution in [1.29, 1.82) is 0 Å². The number of hydrogen-bond acceptors (Lipinski definition) is 3. The van der Waals surface area contributed by atoms with Gasteiger partial charge >= 0.3 is 0 Å². The molecule has 0 aliphatic carbocycles. The van der Waals surface area contributed by atoms with E-state index < -0.39 is 0 Å². The lowest BCUT2D eigenvalue weighted by Crippen LogP contribution is -2.20. The standard InChI is InChI=1S/C11H18N2O/c1-3-10-5-6-11(13-9-10)14-8-7-12-4-2/h5-6,9,12H,3-4,7-8H2,1-2H3. The number of aromatic nitrogens is 1. The molecule has 0 atom stereocenters. The Bertz CT molecular complexity index is 246. The Morgan fingerprint density at radius 3 is 2.79 bits per heavy atom. The van der Waals surface area contributed by atoms with Crippen LogP contribution in [0.2, 0.25) is 0 Å². The predicted octanol–water partition coefficient (Wildman–Crippen LogP) is 1.63. The van der Waals surface area contributed by atoms with E-state index in [-0.39, 0.29) is 0 Å². The summed E-state index contributed by atoms with van der Waals surface area (Å²) in [7, 11) is 0. The maximum atomic E-state index is 5.43. The van der Waals surface area contributed by atoms with Crippen molar-refractivity contribution in [2.45, 2.75) is 20.3 Å². The Morgan fingerprint density at radius 2 is 2.21 bits per heavy atom. The molecule has 0 radical (unpaired) electrons. The normalized spacial score (nSPS) is 10.1. The molecule has 0 amide bonds. The minimum atomic E-state index is 0.673. The van der Waals surface area contributed by atoms with Crippen LogP contribution in [0.25, 0.3) is 0 Å². The van der Waals surface area contributed by atoms with Gasteiger partial charge in [0, 0.05) is 18.8 Å². The Morgan fingerprint density at radius 1 is 1.36 bits per heavy atom. The summed E-state index contributed by atoms with van der Waals surface area (Å²) in [5.41, 5.74) is 1.24. The number of nitrogens with zero attached hydrogens (tertiary/aromatic N) is 1. The van der Waals surface area contributed by atoms with Crippen LogP contribution in [-0.2, 0) is 6.42 Å². The van der Waals surface area contributed by atoms with Crippen molar-refractivity contribution < 1.29 is 4.74 Å². The Labute approximate surface area is 85.5 Å². The first kappa shape index (κ1) is 11.0. The fraction of sp³-hybridized carbons (Fsp3) is 0.545. The lowest BCUT2D eigenvalue weighted by atomic mass is 10.2. The van der Waals surface area contributed by atoms with Crippen molar-refractivity contribution in [3.8, 4) is 5.88 Å². The van der Waals surface area contributed by atoms with Gasteiger partial charge in [-0.15, -0.1) is 0 Å². The Hall–Kier alpha value is -1.09. The summed E-state index contributed by atoms with van der Waals surface area (Å²) in [6.45, 7) is 6.71. The van der Waals surface area contributed by atoms with Gasteiger partial charge in [-0.05, 0) is 18.5 Å². The molecule has 3 nitrogen and oxygen atoms in total. The van der Waals surface area contributed by atoms with Gasteiger partial charge in [-0.3, -0.25) is 0 Å². The smallest absolute Gasteiger partial charge is 0.213 e. The molecule has 1 aromatic rings. The molecule has 0 saturated carbocycles. The van der Waals surface area contributed by atoms with Gasteiger partial charge in [-0.25, -0.2) is 4.98 Å². The molecular weight excluding hydrogens is 176 g/mol. The van der Waals surface area contributed by atoms with Crippen molar-refractivity contribution in [3.63, 3.8) is 0 Å². The summed E-state index contributed by atoms with van der Waals surface area (Å²) < 4.78 is 5.43. The third-order valence-electron chi connectivity index (χ3n) is 1.98. The summed E-state index contributed by atoms with van der Waals surface area (Å²) in [5, 5.41) is 3.19. The maximum absolute atomic E-state index is 5.43. The van der Waals surface area contributed by atoms with Gasteiger partial charge < -0.3 is 10.1 Å². The molecule has 1 heterocycles. The first-order chi connectivity index (χ1) is 6.86. The molecular formula is C11H18N2O. The van der Waals surface area contributed by atoms with Crippen molar-refractivity contribution in [2.75, 3.05) is 19.7 Å². The molecule has 0 unspecified atom stereocenters. The minimum absolute atomic E-state index is 0.673. The number of nitrogens with one attached hydrogen (secondary N) is 1. The fourth-order valence-electron chi connectivity index (χ4n) is 1.11. The quantitative estimate of drug-likeness (QED) is 0.699. The van der Waals surface area contributed by atoms with Crippen LogP contribution in [0.3, 0.4) is 0 Å². The molecule has 3 heteroatoms. The average molecular weight is 194 g/mol. The van der Waals surface area contributed by atoms with Gasteiger partial charge in [-0.2, -0.15) is 0 Å². The summed E-state index contributed by atoms with van der Waals surface area (Å²) in [6, 6.07) is 3.97. The maximum Gasteiger partial charge on any atom is 0.213 e. The SMILES string of the molecule is CCNCCOc1ccc(CC)cn1. The number of pyridine rings is 1. The lowest BCUT2D eigenvalue weighted by Gasteiger charge is -2.05. The molecule has 78 valence electrons. The summed E-state index contributed by atoms with van der Waals surface area (Å²) in [4.78, 5) is 4.20. The predicted molar refractivity (Wildman–Crippen MR) is 57.7 cm³/mol. The largest absolute Gasteiger partial charge is 0.476 e. The van der Waals surface area contributed by atoms with E-state index in [2.05, 4.69) is 30.2 Å². The van der Waals surface area contributed by atoms with Gasteiger partial charge in [0.05, 0.1) is 0 Å². The highest BCUT2D eigenvalue weighted by Crippen LogP contribution is 2.07. The molecule has 1 N–H and O–H groups in total. The van der Waals surface area contributed by atoms with Crippen LogP contribution in [0.4, 0.5) is 0 Å². The molecule has 0 saturated heterocycles. The van der Waals surface area contributed by atoms with Gasteiger partial charge in [0.1, 0.15) is 6.61 Å². The topological polar surface area (TPSA) is 34.1 Å². The number of ether oxygens (including phenoxy) is 1. The highest BCUT2D eigenvalue weighted by atomic mass is 16.5. The van der Waals surface area contributed by atoms with Crippen molar-refractivity contribution in [3.05, 3.63) is 23.9 Å². The molecule has 0 aliphatic heterocycles. The summed E-state index contributed by atoms with van der Waals surface area (Å²) >= 11 is 0. The van der Waals surface area contributed by atoms with Crippen LogP contribution in [0, 0.1) is 0 Å². The van der Waals surface area contributed by atoms with Crippen LogP contribution in [-0.4, -0.2) is 24.7 Å². The number of hydrogen-bond donors (Lipinski definition) is 1. The molecule has 0 aromatic carbocycles. The summed E-state index contributed by atoms with van der Waals surface area (Å²) in [5.74, 6) is 0.708. The van der Waals surface area contributed by atoms with Crippen molar-refractivity contribution in [1.82, 2.24) is 10.3 Å². The third-order valence-corrected chi connectivity index (χ3v) is 1.98. The van der Waals surface area contributed by atoms with E-state index in [9.17, 15) is 0 Å². The lowest BCUT2D eigenvalue weighted by molar-refractivity contribution is 0.303. The van der Waals surface area contributed by atoms with Crippen molar-refractivity contribution >= 4 is 0 Å². The van der Waals surface area contributed by atoms with Gasteiger partial charge in [-0.1, -0.05) is 19.9 Å². The molecule has 0 fully saturated rings. The van der Waals surface area contributed by atoms with Crippen LogP contribution in [0.15, 0.2) is 18.3 Å². The number of rotatable bonds is 6. The average Bonchev–Trinajstić information content (AvgIpc) is 2.25. The van der Waals surface area contributed by atoms with Crippen molar-refractivity contribution in [2.24, 2.45) is 0 Å². The molecule has 1 rings (SSSR count). The monoisotopic (exact) mass is 194 g/mol. The molecule has 0 bridgehead atoms. The molecule has 0 aliphatic rings.